The molecule has 1 aromatic carbocycles. The SMILES string of the molecule is COc1cc(Br)ccc1-c1nc2nc(N[C@@H]3CCCN(C)C3)ncc2n1C. The first-order valence-electron chi connectivity index (χ1n) is 9.03. The molecule has 0 aliphatic carbocycles. The quantitative estimate of drug-likeness (QED) is 0.684. The molecule has 2 aromatic heterocycles. The van der Waals surface area contributed by atoms with E-state index in [0.29, 0.717) is 17.6 Å². The number of hydrogen-bond acceptors (Lipinski definition) is 6. The summed E-state index contributed by atoms with van der Waals surface area (Å²) in [6, 6.07) is 6.28. The predicted molar refractivity (Wildman–Crippen MR) is 110 cm³/mol. The number of likely N-dealkylation sites (N-methyl/N-ethyl adjacent to an activating group) is 1. The fourth-order valence-electron chi connectivity index (χ4n) is 3.60. The van der Waals surface area contributed by atoms with Crippen LogP contribution in [0.25, 0.3) is 22.6 Å². The molecule has 3 aromatic rings. The van der Waals surface area contributed by atoms with E-state index in [1.54, 1.807) is 7.11 Å². The van der Waals surface area contributed by atoms with E-state index in [9.17, 15) is 0 Å². The molecule has 0 radical (unpaired) electrons. The van der Waals surface area contributed by atoms with Crippen LogP contribution < -0.4 is 10.1 Å². The summed E-state index contributed by atoms with van der Waals surface area (Å²) in [5.74, 6) is 2.20. The number of piperidine rings is 1. The van der Waals surface area contributed by atoms with Crippen molar-refractivity contribution in [2.24, 2.45) is 7.05 Å². The molecule has 142 valence electrons. The van der Waals surface area contributed by atoms with Gasteiger partial charge in [-0.3, -0.25) is 0 Å². The largest absolute Gasteiger partial charge is 0.496 e. The summed E-state index contributed by atoms with van der Waals surface area (Å²) in [6.07, 6.45) is 4.15. The first-order valence-corrected chi connectivity index (χ1v) is 9.83. The third kappa shape index (κ3) is 3.64. The van der Waals surface area contributed by atoms with Crippen LogP contribution in [0.4, 0.5) is 5.95 Å². The third-order valence-electron chi connectivity index (χ3n) is 5.00. The van der Waals surface area contributed by atoms with Crippen LogP contribution in [-0.4, -0.2) is 57.7 Å². The molecule has 1 atom stereocenters. The Morgan fingerprint density at radius 3 is 2.89 bits per heavy atom. The fraction of sp³-hybridized carbons (Fsp3) is 0.421. The molecule has 1 aliphatic heterocycles. The molecule has 1 aliphatic rings. The van der Waals surface area contributed by atoms with Crippen molar-refractivity contribution in [3.8, 4) is 17.1 Å². The van der Waals surface area contributed by atoms with Crippen LogP contribution >= 0.6 is 15.9 Å². The smallest absolute Gasteiger partial charge is 0.225 e. The van der Waals surface area contributed by atoms with Gasteiger partial charge in [0.05, 0.1) is 18.9 Å². The Balaban J connectivity index is 1.68. The molecule has 0 unspecified atom stereocenters. The lowest BCUT2D eigenvalue weighted by molar-refractivity contribution is 0.260. The Morgan fingerprint density at radius 2 is 2.11 bits per heavy atom. The maximum atomic E-state index is 5.53. The molecule has 3 heterocycles. The maximum absolute atomic E-state index is 5.53. The molecule has 4 rings (SSSR count). The number of aryl methyl sites for hydroxylation is 1. The van der Waals surface area contributed by atoms with Gasteiger partial charge in [0.25, 0.3) is 0 Å². The van der Waals surface area contributed by atoms with Gasteiger partial charge in [-0.05, 0) is 44.6 Å². The van der Waals surface area contributed by atoms with Gasteiger partial charge < -0.3 is 19.5 Å². The van der Waals surface area contributed by atoms with Crippen molar-refractivity contribution < 1.29 is 4.74 Å². The molecule has 27 heavy (non-hydrogen) atoms. The van der Waals surface area contributed by atoms with Gasteiger partial charge in [-0.15, -0.1) is 0 Å². The monoisotopic (exact) mass is 430 g/mol. The van der Waals surface area contributed by atoms with E-state index in [-0.39, 0.29) is 0 Å². The van der Waals surface area contributed by atoms with E-state index in [1.165, 1.54) is 6.42 Å². The third-order valence-corrected chi connectivity index (χ3v) is 5.50. The normalized spacial score (nSPS) is 18.0. The van der Waals surface area contributed by atoms with Crippen molar-refractivity contribution in [2.75, 3.05) is 32.6 Å². The average Bonchev–Trinajstić information content (AvgIpc) is 2.97. The standard InChI is InChI=1S/C19H23BrN6O/c1-25-8-4-5-13(11-25)22-19-21-10-15-17(24-19)23-18(26(15)2)14-7-6-12(20)9-16(14)27-3/h6-7,9-10,13H,4-5,8,11H2,1-3H3,(H,21,22,24)/t13-/m1/s1. The molecule has 0 bridgehead atoms. The molecular formula is C19H23BrN6O. The lowest BCUT2D eigenvalue weighted by Gasteiger charge is -2.30. The number of aromatic nitrogens is 4. The van der Waals surface area contributed by atoms with E-state index in [4.69, 9.17) is 9.72 Å². The summed E-state index contributed by atoms with van der Waals surface area (Å²) >= 11 is 3.48. The van der Waals surface area contributed by atoms with Gasteiger partial charge in [0.1, 0.15) is 17.1 Å². The summed E-state index contributed by atoms with van der Waals surface area (Å²) in [5, 5.41) is 3.46. The van der Waals surface area contributed by atoms with Crippen molar-refractivity contribution in [1.82, 2.24) is 24.4 Å². The number of likely N-dealkylation sites (tertiary alicyclic amines) is 1. The van der Waals surface area contributed by atoms with Crippen molar-refractivity contribution in [1.29, 1.82) is 0 Å². The van der Waals surface area contributed by atoms with Crippen LogP contribution in [0.1, 0.15) is 12.8 Å². The highest BCUT2D eigenvalue weighted by Crippen LogP contribution is 2.33. The molecule has 8 heteroatoms. The van der Waals surface area contributed by atoms with Crippen LogP contribution in [0.2, 0.25) is 0 Å². The Morgan fingerprint density at radius 1 is 1.26 bits per heavy atom. The number of hydrogen-bond donors (Lipinski definition) is 1. The molecule has 1 saturated heterocycles. The van der Waals surface area contributed by atoms with E-state index in [2.05, 4.69) is 43.2 Å². The van der Waals surface area contributed by atoms with Crippen molar-refractivity contribution in [3.63, 3.8) is 0 Å². The van der Waals surface area contributed by atoms with Crippen LogP contribution in [0, 0.1) is 0 Å². The summed E-state index contributed by atoms with van der Waals surface area (Å²) < 4.78 is 8.49. The highest BCUT2D eigenvalue weighted by Gasteiger charge is 2.19. The zero-order valence-corrected chi connectivity index (χ0v) is 17.3. The number of anilines is 1. The Hall–Kier alpha value is -2.19. The maximum Gasteiger partial charge on any atom is 0.225 e. The number of fused-ring (bicyclic) bond motifs is 1. The van der Waals surface area contributed by atoms with Gasteiger partial charge in [0, 0.05) is 24.1 Å². The number of halogens is 1. The van der Waals surface area contributed by atoms with Gasteiger partial charge in [0.2, 0.25) is 5.95 Å². The summed E-state index contributed by atoms with van der Waals surface area (Å²) in [7, 11) is 5.78. The van der Waals surface area contributed by atoms with Gasteiger partial charge in [-0.2, -0.15) is 4.98 Å². The first-order chi connectivity index (χ1) is 13.0. The van der Waals surface area contributed by atoms with E-state index >= 15 is 0 Å². The zero-order valence-electron chi connectivity index (χ0n) is 15.7. The van der Waals surface area contributed by atoms with Crippen LogP contribution in [-0.2, 0) is 7.05 Å². The molecule has 1 N–H and O–H groups in total. The predicted octanol–water partition coefficient (Wildman–Crippen LogP) is 3.31. The summed E-state index contributed by atoms with van der Waals surface area (Å²) in [5.41, 5.74) is 2.49. The van der Waals surface area contributed by atoms with Crippen molar-refractivity contribution >= 4 is 33.0 Å². The molecule has 0 amide bonds. The van der Waals surface area contributed by atoms with Gasteiger partial charge in [0.15, 0.2) is 5.65 Å². The van der Waals surface area contributed by atoms with Gasteiger partial charge >= 0.3 is 0 Å². The first kappa shape index (κ1) is 18.2. The van der Waals surface area contributed by atoms with Crippen LogP contribution in [0.3, 0.4) is 0 Å². The van der Waals surface area contributed by atoms with Gasteiger partial charge in [-0.1, -0.05) is 15.9 Å². The van der Waals surface area contributed by atoms with Crippen molar-refractivity contribution in [3.05, 3.63) is 28.9 Å². The fourth-order valence-corrected chi connectivity index (χ4v) is 3.94. The lowest BCUT2D eigenvalue weighted by Crippen LogP contribution is -2.40. The Kier molecular flexibility index (Phi) is 5.01. The van der Waals surface area contributed by atoms with E-state index in [1.807, 2.05) is 36.0 Å². The number of methoxy groups -OCH3 is 1. The number of nitrogens with one attached hydrogen (secondary N) is 1. The van der Waals surface area contributed by atoms with Gasteiger partial charge in [-0.25, -0.2) is 9.97 Å². The molecule has 7 nitrogen and oxygen atoms in total. The number of rotatable bonds is 4. The second-order valence-electron chi connectivity index (χ2n) is 6.99. The average molecular weight is 431 g/mol. The molecule has 0 saturated carbocycles. The van der Waals surface area contributed by atoms with E-state index in [0.717, 1.165) is 46.6 Å². The number of benzene rings is 1. The minimum Gasteiger partial charge on any atom is -0.496 e. The zero-order chi connectivity index (χ0) is 19.0. The molecule has 0 spiro atoms. The highest BCUT2D eigenvalue weighted by molar-refractivity contribution is 9.10. The van der Waals surface area contributed by atoms with E-state index < -0.39 is 0 Å². The lowest BCUT2D eigenvalue weighted by atomic mass is 10.1. The Labute approximate surface area is 166 Å². The second kappa shape index (κ2) is 7.44. The minimum absolute atomic E-state index is 0.371. The summed E-state index contributed by atoms with van der Waals surface area (Å²) in [6.45, 7) is 2.15. The number of imidazole rings is 1. The van der Waals surface area contributed by atoms with Crippen LogP contribution in [0.15, 0.2) is 28.9 Å². The molecular weight excluding hydrogens is 408 g/mol. The number of ether oxygens (including phenoxy) is 1. The number of nitrogens with zero attached hydrogens (tertiary/aromatic N) is 5. The highest BCUT2D eigenvalue weighted by atomic mass is 79.9. The second-order valence-corrected chi connectivity index (χ2v) is 7.90. The molecule has 1 fully saturated rings. The topological polar surface area (TPSA) is 68.1 Å². The summed E-state index contributed by atoms with van der Waals surface area (Å²) in [4.78, 5) is 16.2. The minimum atomic E-state index is 0.371. The van der Waals surface area contributed by atoms with Crippen LogP contribution in [0.5, 0.6) is 5.75 Å². The Bertz CT molecular complexity index is 972. The van der Waals surface area contributed by atoms with Crippen molar-refractivity contribution in [2.45, 2.75) is 18.9 Å².